The van der Waals surface area contributed by atoms with Gasteiger partial charge in [0, 0.05) is 30.8 Å². The summed E-state index contributed by atoms with van der Waals surface area (Å²) in [5.41, 5.74) is 2.69. The van der Waals surface area contributed by atoms with E-state index >= 15 is 0 Å². The Balaban J connectivity index is 1.57. The molecule has 154 valence electrons. The fourth-order valence-corrected chi connectivity index (χ4v) is 4.15. The SMILES string of the molecule is Cn1cnc2cc(-c3nc(C(F)F)ccc3-c3cnc(CC4CCCC4)o3)cnc21. The lowest BCUT2D eigenvalue weighted by atomic mass is 10.0. The number of fused-ring (bicyclic) bond motifs is 1. The average Bonchev–Trinajstić information content (AvgIpc) is 3.50. The van der Waals surface area contributed by atoms with Gasteiger partial charge in [0.25, 0.3) is 6.43 Å². The summed E-state index contributed by atoms with van der Waals surface area (Å²) in [5, 5.41) is 0. The van der Waals surface area contributed by atoms with Gasteiger partial charge in [-0.3, -0.25) is 0 Å². The number of rotatable bonds is 5. The van der Waals surface area contributed by atoms with Crippen molar-refractivity contribution in [2.45, 2.75) is 38.5 Å². The molecule has 4 aromatic heterocycles. The third-order valence-electron chi connectivity index (χ3n) is 5.72. The molecule has 4 aromatic rings. The van der Waals surface area contributed by atoms with Gasteiger partial charge in [-0.15, -0.1) is 0 Å². The van der Waals surface area contributed by atoms with Crippen molar-refractivity contribution in [3.8, 4) is 22.6 Å². The highest BCUT2D eigenvalue weighted by molar-refractivity contribution is 5.83. The van der Waals surface area contributed by atoms with Gasteiger partial charge in [0.1, 0.15) is 11.2 Å². The van der Waals surface area contributed by atoms with Crippen LogP contribution >= 0.6 is 0 Å². The first-order valence-corrected chi connectivity index (χ1v) is 10.1. The van der Waals surface area contributed by atoms with Crippen LogP contribution in [-0.2, 0) is 13.5 Å². The van der Waals surface area contributed by atoms with E-state index in [-0.39, 0.29) is 5.69 Å². The summed E-state index contributed by atoms with van der Waals surface area (Å²) in [7, 11) is 1.85. The Morgan fingerprint density at radius 1 is 1.13 bits per heavy atom. The average molecular weight is 409 g/mol. The zero-order chi connectivity index (χ0) is 20.7. The molecule has 0 unspecified atom stereocenters. The molecule has 30 heavy (non-hydrogen) atoms. The number of halogens is 2. The number of nitrogens with zero attached hydrogens (tertiary/aromatic N) is 5. The number of imidazole rings is 1. The Kier molecular flexibility index (Phi) is 4.77. The van der Waals surface area contributed by atoms with Crippen LogP contribution in [-0.4, -0.2) is 24.5 Å². The highest BCUT2D eigenvalue weighted by atomic mass is 19.3. The monoisotopic (exact) mass is 409 g/mol. The van der Waals surface area contributed by atoms with Crippen LogP contribution in [0, 0.1) is 5.92 Å². The van der Waals surface area contributed by atoms with Crippen LogP contribution in [0.3, 0.4) is 0 Å². The van der Waals surface area contributed by atoms with E-state index in [9.17, 15) is 8.78 Å². The van der Waals surface area contributed by atoms with E-state index in [2.05, 4.69) is 19.9 Å². The second-order valence-electron chi connectivity index (χ2n) is 7.83. The van der Waals surface area contributed by atoms with E-state index in [1.165, 1.54) is 31.7 Å². The third kappa shape index (κ3) is 3.46. The van der Waals surface area contributed by atoms with Crippen molar-refractivity contribution in [3.05, 3.63) is 48.5 Å². The number of aryl methyl sites for hydroxylation is 1. The number of alkyl halides is 2. The topological polar surface area (TPSA) is 69.6 Å². The van der Waals surface area contributed by atoms with Crippen molar-refractivity contribution in [1.82, 2.24) is 24.5 Å². The molecule has 0 N–H and O–H groups in total. The van der Waals surface area contributed by atoms with Crippen molar-refractivity contribution >= 4 is 11.2 Å². The molecule has 0 bridgehead atoms. The first-order valence-electron chi connectivity index (χ1n) is 10.1. The standard InChI is InChI=1S/C22H21F2N5O/c1-29-12-27-17-9-14(10-26-22(17)29)20-15(6-7-16(28-20)21(23)24)18-11-25-19(30-18)8-13-4-2-3-5-13/h6-7,9-13,21H,2-5,8H2,1H3. The van der Waals surface area contributed by atoms with Crippen LogP contribution in [0.1, 0.15) is 43.7 Å². The largest absolute Gasteiger partial charge is 0.441 e. The Bertz CT molecular complexity index is 1190. The minimum atomic E-state index is -2.67. The van der Waals surface area contributed by atoms with E-state index in [4.69, 9.17) is 4.42 Å². The number of hydrogen-bond acceptors (Lipinski definition) is 5. The number of aromatic nitrogens is 5. The molecule has 0 atom stereocenters. The van der Waals surface area contributed by atoms with Gasteiger partial charge in [0.05, 0.1) is 18.2 Å². The summed E-state index contributed by atoms with van der Waals surface area (Å²) in [5.74, 6) is 1.80. The maximum absolute atomic E-state index is 13.4. The molecule has 5 rings (SSSR count). The van der Waals surface area contributed by atoms with Gasteiger partial charge in [-0.1, -0.05) is 12.8 Å². The molecule has 1 aliphatic carbocycles. The molecule has 6 nitrogen and oxygen atoms in total. The minimum Gasteiger partial charge on any atom is -0.441 e. The quantitative estimate of drug-likeness (QED) is 0.444. The highest BCUT2D eigenvalue weighted by Crippen LogP contribution is 2.35. The fraction of sp³-hybridized carbons (Fsp3) is 0.364. The first-order chi connectivity index (χ1) is 14.6. The van der Waals surface area contributed by atoms with E-state index in [0.717, 1.165) is 6.42 Å². The van der Waals surface area contributed by atoms with Gasteiger partial charge < -0.3 is 8.98 Å². The van der Waals surface area contributed by atoms with Gasteiger partial charge in [-0.05, 0) is 37.0 Å². The summed E-state index contributed by atoms with van der Waals surface area (Å²) >= 11 is 0. The fourth-order valence-electron chi connectivity index (χ4n) is 4.15. The summed E-state index contributed by atoms with van der Waals surface area (Å²) in [6.07, 6.45) is 7.98. The van der Waals surface area contributed by atoms with Crippen LogP contribution in [0.2, 0.25) is 0 Å². The van der Waals surface area contributed by atoms with E-state index in [0.29, 0.717) is 45.6 Å². The molecule has 8 heteroatoms. The first kappa shape index (κ1) is 18.8. The van der Waals surface area contributed by atoms with Crippen LogP contribution in [0.5, 0.6) is 0 Å². The zero-order valence-corrected chi connectivity index (χ0v) is 16.6. The molecule has 0 saturated heterocycles. The summed E-state index contributed by atoms with van der Waals surface area (Å²) in [6, 6.07) is 4.75. The van der Waals surface area contributed by atoms with Crippen LogP contribution in [0.4, 0.5) is 8.78 Å². The maximum atomic E-state index is 13.4. The second kappa shape index (κ2) is 7.59. The molecule has 0 aliphatic heterocycles. The minimum absolute atomic E-state index is 0.291. The predicted octanol–water partition coefficient (Wildman–Crippen LogP) is 5.36. The van der Waals surface area contributed by atoms with E-state index in [1.54, 1.807) is 35.4 Å². The summed E-state index contributed by atoms with van der Waals surface area (Å²) in [6.45, 7) is 0. The van der Waals surface area contributed by atoms with E-state index < -0.39 is 6.43 Å². The predicted molar refractivity (Wildman–Crippen MR) is 108 cm³/mol. The van der Waals surface area contributed by atoms with Crippen molar-refractivity contribution < 1.29 is 13.2 Å². The van der Waals surface area contributed by atoms with Gasteiger partial charge in [0.15, 0.2) is 17.3 Å². The normalized spacial score (nSPS) is 14.9. The molecule has 1 saturated carbocycles. The Labute approximate surface area is 172 Å². The van der Waals surface area contributed by atoms with Gasteiger partial charge >= 0.3 is 0 Å². The van der Waals surface area contributed by atoms with Crippen molar-refractivity contribution in [3.63, 3.8) is 0 Å². The molecular formula is C22H21F2N5O. The third-order valence-corrected chi connectivity index (χ3v) is 5.72. The van der Waals surface area contributed by atoms with E-state index in [1.807, 2.05) is 7.05 Å². The molecule has 1 fully saturated rings. The lowest BCUT2D eigenvalue weighted by Crippen LogP contribution is -1.98. The molecule has 4 heterocycles. The Morgan fingerprint density at radius 3 is 2.77 bits per heavy atom. The highest BCUT2D eigenvalue weighted by Gasteiger charge is 2.21. The molecule has 0 amide bonds. The molecule has 0 spiro atoms. The lowest BCUT2D eigenvalue weighted by Gasteiger charge is -2.09. The van der Waals surface area contributed by atoms with Gasteiger partial charge in [0.2, 0.25) is 0 Å². The number of hydrogen-bond donors (Lipinski definition) is 0. The van der Waals surface area contributed by atoms with Crippen LogP contribution in [0.15, 0.2) is 41.3 Å². The molecule has 1 aliphatic rings. The van der Waals surface area contributed by atoms with Crippen molar-refractivity contribution in [2.75, 3.05) is 0 Å². The molecular weight excluding hydrogens is 388 g/mol. The zero-order valence-electron chi connectivity index (χ0n) is 16.6. The van der Waals surface area contributed by atoms with Gasteiger partial charge in [-0.2, -0.15) is 0 Å². The lowest BCUT2D eigenvalue weighted by molar-refractivity contribution is 0.146. The summed E-state index contributed by atoms with van der Waals surface area (Å²) < 4.78 is 34.5. The van der Waals surface area contributed by atoms with Crippen LogP contribution < -0.4 is 0 Å². The maximum Gasteiger partial charge on any atom is 0.280 e. The second-order valence-corrected chi connectivity index (χ2v) is 7.83. The van der Waals surface area contributed by atoms with Crippen LogP contribution in [0.25, 0.3) is 33.7 Å². The summed E-state index contributed by atoms with van der Waals surface area (Å²) in [4.78, 5) is 17.4. The van der Waals surface area contributed by atoms with Crippen molar-refractivity contribution in [2.24, 2.45) is 13.0 Å². The van der Waals surface area contributed by atoms with Gasteiger partial charge in [-0.25, -0.2) is 28.7 Å². The Morgan fingerprint density at radius 2 is 1.97 bits per heavy atom. The Hall–Kier alpha value is -3.16. The number of oxazole rings is 1. The molecule has 0 radical (unpaired) electrons. The smallest absolute Gasteiger partial charge is 0.280 e. The number of pyridine rings is 2. The molecule has 0 aromatic carbocycles. The van der Waals surface area contributed by atoms with Crippen molar-refractivity contribution in [1.29, 1.82) is 0 Å².